The van der Waals surface area contributed by atoms with E-state index in [1.807, 2.05) is 0 Å². The van der Waals surface area contributed by atoms with E-state index in [1.54, 1.807) is 8.61 Å². The molecule has 20 heavy (non-hydrogen) atoms. The van der Waals surface area contributed by atoms with Crippen molar-refractivity contribution in [3.63, 3.8) is 0 Å². The van der Waals surface area contributed by atoms with Gasteiger partial charge in [-0.25, -0.2) is 0 Å². The van der Waals surface area contributed by atoms with Crippen molar-refractivity contribution in [1.82, 2.24) is 8.61 Å². The molecule has 1 heterocycles. The van der Waals surface area contributed by atoms with Gasteiger partial charge in [-0.15, -0.1) is 0 Å². The summed E-state index contributed by atoms with van der Waals surface area (Å²) in [4.78, 5) is 0. The van der Waals surface area contributed by atoms with Crippen LogP contribution >= 0.6 is 0 Å². The second-order valence-corrected chi connectivity index (χ2v) is 8.19. The van der Waals surface area contributed by atoms with Crippen molar-refractivity contribution in [2.75, 3.05) is 26.2 Å². The van der Waals surface area contributed by atoms with Crippen LogP contribution in [-0.2, 0) is 10.2 Å². The first-order valence-corrected chi connectivity index (χ1v) is 9.42. The second kappa shape index (κ2) is 7.20. The quantitative estimate of drug-likeness (QED) is 0.838. The van der Waals surface area contributed by atoms with Crippen molar-refractivity contribution in [3.05, 3.63) is 0 Å². The summed E-state index contributed by atoms with van der Waals surface area (Å²) in [5, 5.41) is 0. The monoisotopic (exact) mass is 303 g/mol. The molecule has 1 saturated carbocycles. The summed E-state index contributed by atoms with van der Waals surface area (Å²) in [6.45, 7) is 4.32. The smallest absolute Gasteiger partial charge is 0.282 e. The third-order valence-electron chi connectivity index (χ3n) is 4.57. The molecule has 1 saturated heterocycles. The Bertz CT molecular complexity index is 393. The molecule has 0 aromatic heterocycles. The van der Waals surface area contributed by atoms with E-state index in [2.05, 4.69) is 6.92 Å². The average Bonchev–Trinajstić information content (AvgIpc) is 2.45. The molecule has 2 aliphatic rings. The highest BCUT2D eigenvalue weighted by Gasteiger charge is 2.36. The van der Waals surface area contributed by atoms with Gasteiger partial charge in [-0.2, -0.15) is 17.0 Å². The molecule has 118 valence electrons. The van der Waals surface area contributed by atoms with Crippen LogP contribution in [0.3, 0.4) is 0 Å². The zero-order chi connectivity index (χ0) is 14.6. The molecule has 0 aromatic carbocycles. The van der Waals surface area contributed by atoms with Crippen molar-refractivity contribution in [3.8, 4) is 0 Å². The summed E-state index contributed by atoms with van der Waals surface area (Å²) < 4.78 is 29.2. The minimum absolute atomic E-state index is 0.162. The first kappa shape index (κ1) is 16.2. The predicted octanol–water partition coefficient (Wildman–Crippen LogP) is 1.56. The Morgan fingerprint density at radius 3 is 2.45 bits per heavy atom. The zero-order valence-electron chi connectivity index (χ0n) is 12.6. The molecule has 2 N–H and O–H groups in total. The first-order valence-electron chi connectivity index (χ1n) is 8.02. The molecular formula is C14H29N3O2S. The van der Waals surface area contributed by atoms with Crippen LogP contribution in [0.4, 0.5) is 0 Å². The molecule has 0 spiro atoms. The number of hydrogen-bond acceptors (Lipinski definition) is 3. The Morgan fingerprint density at radius 2 is 1.85 bits per heavy atom. The van der Waals surface area contributed by atoms with E-state index in [4.69, 9.17) is 5.73 Å². The standard InChI is InChI=1S/C14H29N3O2S/c1-13-6-5-10-16(12-13)20(18,19)17(11-9-15)14-7-3-2-4-8-14/h13-14H,2-12,15H2,1H3. The Kier molecular flexibility index (Phi) is 5.84. The highest BCUT2D eigenvalue weighted by atomic mass is 32.2. The van der Waals surface area contributed by atoms with Crippen LogP contribution < -0.4 is 5.73 Å². The van der Waals surface area contributed by atoms with Crippen molar-refractivity contribution in [1.29, 1.82) is 0 Å². The fourth-order valence-corrected chi connectivity index (χ4v) is 5.51. The minimum atomic E-state index is -3.33. The highest BCUT2D eigenvalue weighted by Crippen LogP contribution is 2.27. The van der Waals surface area contributed by atoms with Crippen LogP contribution in [-0.4, -0.2) is 49.2 Å². The maximum absolute atomic E-state index is 12.9. The predicted molar refractivity (Wildman–Crippen MR) is 81.5 cm³/mol. The molecular weight excluding hydrogens is 274 g/mol. The lowest BCUT2D eigenvalue weighted by Crippen LogP contribution is -2.52. The van der Waals surface area contributed by atoms with Gasteiger partial charge in [0.1, 0.15) is 0 Å². The van der Waals surface area contributed by atoms with Gasteiger partial charge in [0.05, 0.1) is 0 Å². The summed E-state index contributed by atoms with van der Waals surface area (Å²) in [5.41, 5.74) is 5.66. The largest absolute Gasteiger partial charge is 0.329 e. The average molecular weight is 303 g/mol. The highest BCUT2D eigenvalue weighted by molar-refractivity contribution is 7.86. The fourth-order valence-electron chi connectivity index (χ4n) is 3.49. The third kappa shape index (κ3) is 3.72. The van der Waals surface area contributed by atoms with E-state index < -0.39 is 10.2 Å². The van der Waals surface area contributed by atoms with Gasteiger partial charge in [0.2, 0.25) is 0 Å². The molecule has 2 fully saturated rings. The van der Waals surface area contributed by atoms with Crippen molar-refractivity contribution >= 4 is 10.2 Å². The van der Waals surface area contributed by atoms with Crippen LogP contribution in [0.5, 0.6) is 0 Å². The topological polar surface area (TPSA) is 66.6 Å². The molecule has 0 amide bonds. The number of rotatable bonds is 5. The molecule has 1 aliphatic heterocycles. The van der Waals surface area contributed by atoms with E-state index in [0.29, 0.717) is 32.1 Å². The van der Waals surface area contributed by atoms with Gasteiger partial charge in [0.25, 0.3) is 10.2 Å². The van der Waals surface area contributed by atoms with Crippen LogP contribution in [0.25, 0.3) is 0 Å². The Labute approximate surface area is 123 Å². The summed E-state index contributed by atoms with van der Waals surface area (Å²) in [7, 11) is -3.33. The number of hydrogen-bond donors (Lipinski definition) is 1. The van der Waals surface area contributed by atoms with Gasteiger partial charge >= 0.3 is 0 Å². The number of nitrogens with zero attached hydrogens (tertiary/aromatic N) is 2. The normalized spacial score (nSPS) is 27.1. The van der Waals surface area contributed by atoms with Gasteiger partial charge in [-0.3, -0.25) is 0 Å². The van der Waals surface area contributed by atoms with Crippen LogP contribution in [0.2, 0.25) is 0 Å². The molecule has 6 heteroatoms. The molecule has 0 radical (unpaired) electrons. The molecule has 0 bridgehead atoms. The summed E-state index contributed by atoms with van der Waals surface area (Å²) in [5.74, 6) is 0.463. The Hall–Kier alpha value is -0.170. The molecule has 2 rings (SSSR count). The van der Waals surface area contributed by atoms with E-state index >= 15 is 0 Å². The molecule has 0 aromatic rings. The number of piperidine rings is 1. The van der Waals surface area contributed by atoms with Crippen molar-refractivity contribution in [2.45, 2.75) is 57.9 Å². The molecule has 1 atom stereocenters. The molecule has 1 aliphatic carbocycles. The van der Waals surface area contributed by atoms with E-state index in [-0.39, 0.29) is 6.04 Å². The van der Waals surface area contributed by atoms with Crippen molar-refractivity contribution < 1.29 is 8.42 Å². The SMILES string of the molecule is CC1CCCN(S(=O)(=O)N(CCN)C2CCCCC2)C1. The van der Waals surface area contributed by atoms with Gasteiger partial charge < -0.3 is 5.73 Å². The van der Waals surface area contributed by atoms with Gasteiger partial charge in [-0.05, 0) is 31.6 Å². The van der Waals surface area contributed by atoms with E-state index in [0.717, 1.165) is 38.5 Å². The minimum Gasteiger partial charge on any atom is -0.329 e. The van der Waals surface area contributed by atoms with Gasteiger partial charge in [-0.1, -0.05) is 26.2 Å². The lowest BCUT2D eigenvalue weighted by Gasteiger charge is -2.39. The van der Waals surface area contributed by atoms with E-state index in [9.17, 15) is 8.42 Å². The van der Waals surface area contributed by atoms with Gasteiger partial charge in [0.15, 0.2) is 0 Å². The number of nitrogens with two attached hydrogens (primary N) is 1. The van der Waals surface area contributed by atoms with Crippen LogP contribution in [0.15, 0.2) is 0 Å². The third-order valence-corrected chi connectivity index (χ3v) is 6.63. The maximum atomic E-state index is 12.9. The maximum Gasteiger partial charge on any atom is 0.282 e. The summed E-state index contributed by atoms with van der Waals surface area (Å²) in [6.07, 6.45) is 7.59. The van der Waals surface area contributed by atoms with Crippen LogP contribution in [0.1, 0.15) is 51.9 Å². The second-order valence-electron chi connectivity index (χ2n) is 6.30. The molecule has 5 nitrogen and oxygen atoms in total. The molecule has 1 unspecified atom stereocenters. The van der Waals surface area contributed by atoms with Crippen LogP contribution in [0, 0.1) is 5.92 Å². The Morgan fingerprint density at radius 1 is 1.15 bits per heavy atom. The van der Waals surface area contributed by atoms with Crippen molar-refractivity contribution in [2.24, 2.45) is 11.7 Å². The fraction of sp³-hybridized carbons (Fsp3) is 1.00. The van der Waals surface area contributed by atoms with Gasteiger partial charge in [0, 0.05) is 32.2 Å². The lowest BCUT2D eigenvalue weighted by atomic mass is 9.95. The lowest BCUT2D eigenvalue weighted by molar-refractivity contribution is 0.215. The zero-order valence-corrected chi connectivity index (χ0v) is 13.4. The first-order chi connectivity index (χ1) is 9.55. The van der Waals surface area contributed by atoms with E-state index in [1.165, 1.54) is 6.42 Å². The summed E-state index contributed by atoms with van der Waals surface area (Å²) >= 11 is 0. The Balaban J connectivity index is 2.13. The summed E-state index contributed by atoms with van der Waals surface area (Å²) in [6, 6.07) is 0.162.